The van der Waals surface area contributed by atoms with Crippen molar-refractivity contribution >= 4 is 29.0 Å². The lowest BCUT2D eigenvalue weighted by Gasteiger charge is -2.12. The average Bonchev–Trinajstić information content (AvgIpc) is 2.65. The second-order valence-corrected chi connectivity index (χ2v) is 4.18. The summed E-state index contributed by atoms with van der Waals surface area (Å²) in [6.45, 7) is 0. The van der Waals surface area contributed by atoms with Crippen LogP contribution in [-0.4, -0.2) is 5.78 Å². The van der Waals surface area contributed by atoms with Gasteiger partial charge in [-0.1, -0.05) is 35.9 Å². The number of ketones is 1. The molecule has 1 aromatic rings. The second kappa shape index (κ2) is 3.09. The third-order valence-corrected chi connectivity index (χ3v) is 3.23. The van der Waals surface area contributed by atoms with E-state index in [4.69, 9.17) is 17.3 Å². The maximum atomic E-state index is 11.9. The Bertz CT molecular complexity index is 608. The minimum Gasteiger partial charge on any atom is -0.397 e. The molecule has 2 N–H and O–H groups in total. The number of nitrogens with two attached hydrogens (primary N) is 1. The summed E-state index contributed by atoms with van der Waals surface area (Å²) in [5.74, 6) is -0.187. The molecule has 16 heavy (non-hydrogen) atoms. The number of carbonyl (C=O) groups is 1. The van der Waals surface area contributed by atoms with E-state index in [2.05, 4.69) is 0 Å². The number of fused-ring (bicyclic) bond motifs is 3. The summed E-state index contributed by atoms with van der Waals surface area (Å²) in [6.07, 6.45) is 3.62. The lowest BCUT2D eigenvalue weighted by Crippen LogP contribution is -2.13. The summed E-state index contributed by atoms with van der Waals surface area (Å²) in [5.41, 5.74) is 9.64. The molecule has 3 rings (SSSR count). The van der Waals surface area contributed by atoms with Gasteiger partial charge in [-0.3, -0.25) is 4.79 Å². The summed E-state index contributed by atoms with van der Waals surface area (Å²) >= 11 is 5.85. The van der Waals surface area contributed by atoms with Crippen molar-refractivity contribution in [1.29, 1.82) is 0 Å². The molecule has 0 fully saturated rings. The van der Waals surface area contributed by atoms with E-state index < -0.39 is 0 Å². The van der Waals surface area contributed by atoms with Crippen LogP contribution in [0.25, 0.3) is 11.6 Å². The van der Waals surface area contributed by atoms with Crippen molar-refractivity contribution < 1.29 is 4.79 Å². The molecule has 0 saturated heterocycles. The first-order valence-electron chi connectivity index (χ1n) is 4.91. The Labute approximate surface area is 97.7 Å². The van der Waals surface area contributed by atoms with Crippen LogP contribution in [0.15, 0.2) is 46.6 Å². The monoisotopic (exact) mass is 229 g/mol. The average molecular weight is 230 g/mol. The van der Waals surface area contributed by atoms with Gasteiger partial charge in [0.2, 0.25) is 5.78 Å². The highest BCUT2D eigenvalue weighted by Gasteiger charge is 2.29. The number of halogens is 1. The number of rotatable bonds is 0. The Hall–Kier alpha value is -1.80. The van der Waals surface area contributed by atoms with E-state index in [0.29, 0.717) is 11.3 Å². The summed E-state index contributed by atoms with van der Waals surface area (Å²) in [4.78, 5) is 11.9. The van der Waals surface area contributed by atoms with Crippen LogP contribution in [0, 0.1) is 0 Å². The molecule has 0 amide bonds. The smallest absolute Gasteiger partial charge is 0.207 e. The van der Waals surface area contributed by atoms with Gasteiger partial charge in [0.15, 0.2) is 0 Å². The van der Waals surface area contributed by atoms with Crippen LogP contribution >= 0.6 is 11.6 Å². The van der Waals surface area contributed by atoms with Gasteiger partial charge in [0.25, 0.3) is 0 Å². The Morgan fingerprint density at radius 1 is 1.06 bits per heavy atom. The highest BCUT2D eigenvalue weighted by Crippen LogP contribution is 2.40. The van der Waals surface area contributed by atoms with Gasteiger partial charge < -0.3 is 5.73 Å². The maximum Gasteiger partial charge on any atom is 0.207 e. The van der Waals surface area contributed by atoms with Gasteiger partial charge in [-0.05, 0) is 28.9 Å². The van der Waals surface area contributed by atoms with Gasteiger partial charge in [-0.15, -0.1) is 0 Å². The Kier molecular flexibility index (Phi) is 1.82. The number of carbonyl (C=O) groups excluding carboxylic acids is 1. The van der Waals surface area contributed by atoms with E-state index in [9.17, 15) is 4.79 Å². The molecule has 0 spiro atoms. The molecule has 2 aliphatic rings. The van der Waals surface area contributed by atoms with Crippen LogP contribution in [0.5, 0.6) is 0 Å². The molecule has 0 heterocycles. The number of hydrogen-bond donors (Lipinski definition) is 1. The van der Waals surface area contributed by atoms with Crippen molar-refractivity contribution in [3.05, 3.63) is 57.8 Å². The molecule has 0 bridgehead atoms. The fourth-order valence-corrected chi connectivity index (χ4v) is 2.21. The molecular weight excluding hydrogens is 222 g/mol. The van der Waals surface area contributed by atoms with Gasteiger partial charge in [-0.2, -0.15) is 0 Å². The Morgan fingerprint density at radius 3 is 2.62 bits per heavy atom. The molecule has 0 radical (unpaired) electrons. The number of hydrogen-bond acceptors (Lipinski definition) is 2. The minimum atomic E-state index is -0.187. The minimum absolute atomic E-state index is 0.114. The van der Waals surface area contributed by atoms with E-state index in [1.807, 2.05) is 30.3 Å². The fraction of sp³-hybridized carbons (Fsp3) is 0. The highest BCUT2D eigenvalue weighted by molar-refractivity contribution is 6.49. The molecule has 0 aliphatic heterocycles. The SMILES string of the molecule is NC1=C(Cl)C(=O)C2=Cc3ccccc3C2=C1. The van der Waals surface area contributed by atoms with Gasteiger partial charge in [0.05, 0.1) is 5.70 Å². The van der Waals surface area contributed by atoms with E-state index in [-0.39, 0.29) is 10.8 Å². The summed E-state index contributed by atoms with van der Waals surface area (Å²) in [6, 6.07) is 7.83. The number of allylic oxidation sites excluding steroid dienone is 4. The van der Waals surface area contributed by atoms with Crippen molar-refractivity contribution in [2.75, 3.05) is 0 Å². The van der Waals surface area contributed by atoms with Crippen LogP contribution in [0.4, 0.5) is 0 Å². The molecule has 0 aromatic heterocycles. The third kappa shape index (κ3) is 1.11. The lowest BCUT2D eigenvalue weighted by molar-refractivity contribution is -0.111. The first-order chi connectivity index (χ1) is 7.68. The first-order valence-corrected chi connectivity index (χ1v) is 5.29. The fourth-order valence-electron chi connectivity index (χ4n) is 2.06. The predicted molar refractivity (Wildman–Crippen MR) is 64.5 cm³/mol. The molecule has 2 nitrogen and oxygen atoms in total. The van der Waals surface area contributed by atoms with Crippen molar-refractivity contribution in [2.45, 2.75) is 0 Å². The Balaban J connectivity index is 2.28. The van der Waals surface area contributed by atoms with Crippen LogP contribution in [0.2, 0.25) is 0 Å². The molecule has 78 valence electrons. The molecular formula is C13H8ClNO. The van der Waals surface area contributed by atoms with E-state index in [1.165, 1.54) is 0 Å². The topological polar surface area (TPSA) is 43.1 Å². The zero-order valence-corrected chi connectivity index (χ0v) is 9.08. The largest absolute Gasteiger partial charge is 0.397 e. The Morgan fingerprint density at radius 2 is 1.81 bits per heavy atom. The zero-order valence-electron chi connectivity index (χ0n) is 8.33. The summed E-state index contributed by atoms with van der Waals surface area (Å²) in [7, 11) is 0. The molecule has 1 aromatic carbocycles. The van der Waals surface area contributed by atoms with Gasteiger partial charge >= 0.3 is 0 Å². The predicted octanol–water partition coefficient (Wildman–Crippen LogP) is 2.46. The van der Waals surface area contributed by atoms with E-state index in [1.54, 1.807) is 6.08 Å². The van der Waals surface area contributed by atoms with E-state index >= 15 is 0 Å². The summed E-state index contributed by atoms with van der Waals surface area (Å²) < 4.78 is 0. The normalized spacial score (nSPS) is 17.9. The second-order valence-electron chi connectivity index (χ2n) is 3.80. The van der Waals surface area contributed by atoms with Gasteiger partial charge in [0, 0.05) is 5.57 Å². The molecule has 0 atom stereocenters. The molecule has 0 unspecified atom stereocenters. The van der Waals surface area contributed by atoms with Gasteiger partial charge in [-0.25, -0.2) is 0 Å². The molecule has 0 saturated carbocycles. The highest BCUT2D eigenvalue weighted by atomic mass is 35.5. The first kappa shape index (κ1) is 9.43. The zero-order chi connectivity index (χ0) is 11.3. The summed E-state index contributed by atoms with van der Waals surface area (Å²) in [5, 5.41) is 0.114. The standard InChI is InChI=1S/C13H8ClNO/c14-12-11(15)6-9-8-4-2-1-3-7(8)5-10(9)13(12)16/h1-6H,15H2. The van der Waals surface area contributed by atoms with Crippen molar-refractivity contribution in [1.82, 2.24) is 0 Å². The van der Waals surface area contributed by atoms with Crippen molar-refractivity contribution in [2.24, 2.45) is 5.73 Å². The maximum absolute atomic E-state index is 11.9. The van der Waals surface area contributed by atoms with Crippen LogP contribution in [0.3, 0.4) is 0 Å². The quantitative estimate of drug-likeness (QED) is 0.743. The van der Waals surface area contributed by atoms with Crippen molar-refractivity contribution in [3.8, 4) is 0 Å². The number of Topliss-reactive ketones (excluding diaryl/α,β-unsaturated/α-hetero) is 1. The molecule has 2 aliphatic carbocycles. The molecule has 3 heteroatoms. The third-order valence-electron chi connectivity index (χ3n) is 2.84. The van der Waals surface area contributed by atoms with Crippen molar-refractivity contribution in [3.63, 3.8) is 0 Å². The van der Waals surface area contributed by atoms with Crippen LogP contribution in [0.1, 0.15) is 11.1 Å². The lowest BCUT2D eigenvalue weighted by atomic mass is 9.95. The van der Waals surface area contributed by atoms with Crippen LogP contribution in [-0.2, 0) is 4.79 Å². The van der Waals surface area contributed by atoms with Gasteiger partial charge in [0.1, 0.15) is 5.03 Å². The number of benzene rings is 1. The van der Waals surface area contributed by atoms with E-state index in [0.717, 1.165) is 16.7 Å². The van der Waals surface area contributed by atoms with Crippen LogP contribution < -0.4 is 5.73 Å².